The lowest BCUT2D eigenvalue weighted by Gasteiger charge is -2.27. The first-order valence-electron chi connectivity index (χ1n) is 7.33. The van der Waals surface area contributed by atoms with E-state index in [2.05, 4.69) is 10.6 Å². The third-order valence-corrected chi connectivity index (χ3v) is 3.63. The van der Waals surface area contributed by atoms with Crippen molar-refractivity contribution in [1.29, 1.82) is 0 Å². The van der Waals surface area contributed by atoms with Gasteiger partial charge >= 0.3 is 5.97 Å². The zero-order valence-corrected chi connectivity index (χ0v) is 14.2. The molecule has 1 atom stereocenters. The van der Waals surface area contributed by atoms with Crippen LogP contribution in [0.15, 0.2) is 41.6 Å². The van der Waals surface area contributed by atoms with E-state index in [0.717, 1.165) is 11.3 Å². The van der Waals surface area contributed by atoms with Gasteiger partial charge in [-0.25, -0.2) is 4.79 Å². The Balaban J connectivity index is 2.31. The molecular formula is C17H20N2O3S. The van der Waals surface area contributed by atoms with Crippen molar-refractivity contribution in [3.8, 4) is 5.75 Å². The highest BCUT2D eigenvalue weighted by Crippen LogP contribution is 2.21. The van der Waals surface area contributed by atoms with Crippen LogP contribution in [-0.2, 0) is 9.53 Å². The summed E-state index contributed by atoms with van der Waals surface area (Å²) in [5.74, 6) is 0.404. The Labute approximate surface area is 141 Å². The summed E-state index contributed by atoms with van der Waals surface area (Å²) in [7, 11) is 1.62. The van der Waals surface area contributed by atoms with E-state index in [-0.39, 0.29) is 12.0 Å². The van der Waals surface area contributed by atoms with Gasteiger partial charge in [0.25, 0.3) is 0 Å². The number of benzene rings is 1. The lowest BCUT2D eigenvalue weighted by atomic mass is 10.0. The van der Waals surface area contributed by atoms with Gasteiger partial charge in [0.05, 0.1) is 25.3 Å². The Hall–Kier alpha value is -2.34. The van der Waals surface area contributed by atoms with Crippen LogP contribution in [0, 0.1) is 0 Å². The van der Waals surface area contributed by atoms with E-state index in [4.69, 9.17) is 21.7 Å². The summed E-state index contributed by atoms with van der Waals surface area (Å²) in [5, 5.41) is 6.51. The molecule has 1 aromatic rings. The number of carbonyl (C=O) groups excluding carboxylic acids is 1. The molecule has 0 amide bonds. The van der Waals surface area contributed by atoms with Gasteiger partial charge in [0, 0.05) is 11.3 Å². The highest BCUT2D eigenvalue weighted by Gasteiger charge is 2.27. The summed E-state index contributed by atoms with van der Waals surface area (Å²) in [4.78, 5) is 12.2. The second-order valence-electron chi connectivity index (χ2n) is 4.94. The molecular weight excluding hydrogens is 312 g/mol. The minimum Gasteiger partial charge on any atom is -0.496 e. The van der Waals surface area contributed by atoms with Gasteiger partial charge in [-0.2, -0.15) is 0 Å². The molecule has 2 rings (SSSR count). The zero-order valence-electron chi connectivity index (χ0n) is 13.4. The molecule has 0 radical (unpaired) electrons. The van der Waals surface area contributed by atoms with Crippen LogP contribution in [0.3, 0.4) is 0 Å². The molecule has 0 fully saturated rings. The second-order valence-corrected chi connectivity index (χ2v) is 5.34. The van der Waals surface area contributed by atoms with Crippen molar-refractivity contribution in [3.05, 3.63) is 47.2 Å². The number of rotatable bonds is 5. The van der Waals surface area contributed by atoms with Crippen LogP contribution in [0.2, 0.25) is 0 Å². The van der Waals surface area contributed by atoms with Crippen LogP contribution in [0.1, 0.15) is 19.4 Å². The fourth-order valence-electron chi connectivity index (χ4n) is 2.36. The van der Waals surface area contributed by atoms with Gasteiger partial charge in [-0.15, -0.1) is 0 Å². The van der Waals surface area contributed by atoms with Crippen molar-refractivity contribution in [2.45, 2.75) is 19.9 Å². The number of esters is 1. The van der Waals surface area contributed by atoms with Gasteiger partial charge in [0.2, 0.25) is 0 Å². The molecule has 1 aliphatic rings. The summed E-state index contributed by atoms with van der Waals surface area (Å²) >= 11 is 5.18. The number of thiocarbonyl (C=S) groups is 1. The van der Waals surface area contributed by atoms with Gasteiger partial charge in [-0.3, -0.25) is 0 Å². The van der Waals surface area contributed by atoms with E-state index in [1.54, 1.807) is 14.0 Å². The molecule has 1 heterocycles. The molecule has 1 aromatic carbocycles. The average Bonchev–Trinajstić information content (AvgIpc) is 2.52. The molecule has 0 bridgehead atoms. The molecule has 1 aliphatic heterocycles. The van der Waals surface area contributed by atoms with Crippen molar-refractivity contribution in [3.63, 3.8) is 0 Å². The Kier molecular flexibility index (Phi) is 5.76. The molecule has 0 aromatic heterocycles. The molecule has 23 heavy (non-hydrogen) atoms. The lowest BCUT2D eigenvalue weighted by molar-refractivity contribution is -0.138. The van der Waals surface area contributed by atoms with E-state index < -0.39 is 0 Å². The molecule has 122 valence electrons. The predicted molar refractivity (Wildman–Crippen MR) is 94.0 cm³/mol. The smallest absolute Gasteiger partial charge is 0.338 e. The topological polar surface area (TPSA) is 59.6 Å². The monoisotopic (exact) mass is 332 g/mol. The van der Waals surface area contributed by atoms with E-state index in [1.807, 2.05) is 43.3 Å². The van der Waals surface area contributed by atoms with Crippen LogP contribution in [0.25, 0.3) is 6.08 Å². The zero-order chi connectivity index (χ0) is 16.8. The van der Waals surface area contributed by atoms with Crippen LogP contribution in [-0.4, -0.2) is 30.8 Å². The van der Waals surface area contributed by atoms with E-state index in [9.17, 15) is 4.79 Å². The molecule has 0 unspecified atom stereocenters. The molecule has 5 nitrogen and oxygen atoms in total. The summed E-state index contributed by atoms with van der Waals surface area (Å²) in [6.45, 7) is 3.91. The molecule has 6 heteroatoms. The van der Waals surface area contributed by atoms with Gasteiger partial charge in [-0.1, -0.05) is 30.4 Å². The Morgan fingerprint density at radius 2 is 2.13 bits per heavy atom. The van der Waals surface area contributed by atoms with Crippen LogP contribution in [0.5, 0.6) is 5.75 Å². The maximum absolute atomic E-state index is 12.2. The fraction of sp³-hybridized carbons (Fsp3) is 0.294. The summed E-state index contributed by atoms with van der Waals surface area (Å²) < 4.78 is 10.5. The number of allylic oxidation sites excluding steroid dienone is 1. The Morgan fingerprint density at radius 1 is 1.39 bits per heavy atom. The normalized spacial score (nSPS) is 17.7. The standard InChI is InChI=1S/C17H20N2O3S/c1-4-22-16(20)15-11(2)18-17(23)19-13(15)10-9-12-7-5-6-8-14(12)21-3/h5-10,13H,4H2,1-3H3,(H2,18,19,23)/b10-9+/t13-/m1/s1. The highest BCUT2D eigenvalue weighted by molar-refractivity contribution is 7.80. The predicted octanol–water partition coefficient (Wildman–Crippen LogP) is 2.39. The van der Waals surface area contributed by atoms with Crippen molar-refractivity contribution in [1.82, 2.24) is 10.6 Å². The van der Waals surface area contributed by atoms with Crippen LogP contribution in [0.4, 0.5) is 0 Å². The largest absolute Gasteiger partial charge is 0.496 e. The summed E-state index contributed by atoms with van der Waals surface area (Å²) in [5.41, 5.74) is 2.13. The third kappa shape index (κ3) is 4.10. The summed E-state index contributed by atoms with van der Waals surface area (Å²) in [6, 6.07) is 7.30. The number of hydrogen-bond acceptors (Lipinski definition) is 4. The van der Waals surface area contributed by atoms with Gasteiger partial charge in [0.15, 0.2) is 5.11 Å². The van der Waals surface area contributed by atoms with Crippen molar-refractivity contribution >= 4 is 29.4 Å². The van der Waals surface area contributed by atoms with Crippen LogP contribution < -0.4 is 15.4 Å². The molecule has 0 spiro atoms. The van der Waals surface area contributed by atoms with E-state index >= 15 is 0 Å². The summed E-state index contributed by atoms with van der Waals surface area (Å²) in [6.07, 6.45) is 3.78. The Morgan fingerprint density at radius 3 is 2.83 bits per heavy atom. The van der Waals surface area contributed by atoms with Gasteiger partial charge in [0.1, 0.15) is 5.75 Å². The number of ether oxygens (including phenoxy) is 2. The average molecular weight is 332 g/mol. The maximum atomic E-state index is 12.2. The van der Waals surface area contributed by atoms with Crippen molar-refractivity contribution < 1.29 is 14.3 Å². The highest BCUT2D eigenvalue weighted by atomic mass is 32.1. The number of carbonyl (C=O) groups is 1. The first-order chi connectivity index (χ1) is 11.1. The van der Waals surface area contributed by atoms with E-state index in [1.165, 1.54) is 0 Å². The fourth-order valence-corrected chi connectivity index (χ4v) is 2.64. The quantitative estimate of drug-likeness (QED) is 0.638. The van der Waals surface area contributed by atoms with Crippen LogP contribution >= 0.6 is 12.2 Å². The van der Waals surface area contributed by atoms with Crippen molar-refractivity contribution in [2.75, 3.05) is 13.7 Å². The third-order valence-electron chi connectivity index (χ3n) is 3.41. The number of para-hydroxylation sites is 1. The molecule has 2 N–H and O–H groups in total. The number of hydrogen-bond donors (Lipinski definition) is 2. The SMILES string of the molecule is CCOC(=O)C1=C(C)NC(=S)N[C@@H]1/C=C/c1ccccc1OC. The molecule has 0 saturated heterocycles. The number of methoxy groups -OCH3 is 1. The van der Waals surface area contributed by atoms with Gasteiger partial charge < -0.3 is 20.1 Å². The lowest BCUT2D eigenvalue weighted by Crippen LogP contribution is -2.48. The minimum atomic E-state index is -0.359. The first kappa shape index (κ1) is 17.0. The first-order valence-corrected chi connectivity index (χ1v) is 7.74. The van der Waals surface area contributed by atoms with Gasteiger partial charge in [-0.05, 0) is 32.1 Å². The van der Waals surface area contributed by atoms with E-state index in [0.29, 0.717) is 23.0 Å². The maximum Gasteiger partial charge on any atom is 0.338 e. The second kappa shape index (κ2) is 7.78. The number of nitrogens with one attached hydrogen (secondary N) is 2. The minimum absolute atomic E-state index is 0.322. The Bertz CT molecular complexity index is 668. The van der Waals surface area contributed by atoms with Crippen molar-refractivity contribution in [2.24, 2.45) is 0 Å². The molecule has 0 saturated carbocycles. The molecule has 0 aliphatic carbocycles.